The van der Waals surface area contributed by atoms with Gasteiger partial charge in [0.25, 0.3) is 0 Å². The quantitative estimate of drug-likeness (QED) is 0.594. The molecule has 0 amide bonds. The molecule has 1 heterocycles. The number of rotatable bonds is 1. The van der Waals surface area contributed by atoms with E-state index < -0.39 is 5.63 Å². The molecular formula is C22H25NO2. The van der Waals surface area contributed by atoms with Gasteiger partial charge in [0, 0.05) is 11.1 Å². The summed E-state index contributed by atoms with van der Waals surface area (Å²) in [6.07, 6.45) is 0. The van der Waals surface area contributed by atoms with Crippen LogP contribution in [0.2, 0.25) is 0 Å². The molecule has 0 N–H and O–H groups in total. The third-order valence-electron chi connectivity index (χ3n) is 4.41. The monoisotopic (exact) mass is 335 g/mol. The van der Waals surface area contributed by atoms with E-state index in [2.05, 4.69) is 52.6 Å². The van der Waals surface area contributed by atoms with Gasteiger partial charge in [-0.2, -0.15) is 0 Å². The van der Waals surface area contributed by atoms with Crippen molar-refractivity contribution in [1.29, 1.82) is 0 Å². The van der Waals surface area contributed by atoms with Crippen LogP contribution in [0.1, 0.15) is 52.7 Å². The van der Waals surface area contributed by atoms with Crippen molar-refractivity contribution in [3.05, 3.63) is 64.0 Å². The third-order valence-corrected chi connectivity index (χ3v) is 4.41. The molecule has 3 aromatic rings. The van der Waals surface area contributed by atoms with Crippen molar-refractivity contribution < 1.29 is 4.42 Å². The second kappa shape index (κ2) is 5.83. The molecule has 0 atom stereocenters. The lowest BCUT2D eigenvalue weighted by Gasteiger charge is -2.25. The fraction of sp³-hybridized carbons (Fsp3) is 0.364. The zero-order valence-electron chi connectivity index (χ0n) is 15.8. The second-order valence-corrected chi connectivity index (χ2v) is 8.59. The van der Waals surface area contributed by atoms with Crippen LogP contribution in [0.4, 0.5) is 0 Å². The van der Waals surface area contributed by atoms with E-state index in [1.807, 2.05) is 36.4 Å². The summed E-state index contributed by atoms with van der Waals surface area (Å²) in [5.41, 5.74) is 4.10. The summed E-state index contributed by atoms with van der Waals surface area (Å²) in [6, 6.07) is 13.7. The first kappa shape index (κ1) is 17.4. The minimum Gasteiger partial charge on any atom is -0.419 e. The van der Waals surface area contributed by atoms with Gasteiger partial charge in [-0.25, -0.2) is 9.78 Å². The molecule has 0 bridgehead atoms. The van der Waals surface area contributed by atoms with E-state index in [1.165, 1.54) is 5.56 Å². The van der Waals surface area contributed by atoms with Gasteiger partial charge in [0.15, 0.2) is 11.3 Å². The van der Waals surface area contributed by atoms with E-state index in [0.29, 0.717) is 11.3 Å². The van der Waals surface area contributed by atoms with Gasteiger partial charge in [-0.15, -0.1) is 0 Å². The van der Waals surface area contributed by atoms with Gasteiger partial charge in [-0.1, -0.05) is 77.9 Å². The molecule has 0 saturated carbocycles. The van der Waals surface area contributed by atoms with Crippen LogP contribution in [0.15, 0.2) is 51.7 Å². The van der Waals surface area contributed by atoms with Crippen LogP contribution in [0, 0.1) is 0 Å². The summed E-state index contributed by atoms with van der Waals surface area (Å²) >= 11 is 0. The molecule has 3 heteroatoms. The van der Waals surface area contributed by atoms with Crippen LogP contribution in [0.3, 0.4) is 0 Å². The standard InChI is InChI=1S/C22H25NO2/c1-21(2,3)15-12-16(22(4,5)6)19-17(13-15)23-18(20(24)25-19)14-10-8-7-9-11-14/h7-13H,1-6H3. The van der Waals surface area contributed by atoms with Gasteiger partial charge >= 0.3 is 5.63 Å². The van der Waals surface area contributed by atoms with Gasteiger partial charge < -0.3 is 4.42 Å². The third kappa shape index (κ3) is 3.37. The first-order valence-corrected chi connectivity index (χ1v) is 8.62. The molecule has 130 valence electrons. The molecule has 0 spiro atoms. The highest BCUT2D eigenvalue weighted by atomic mass is 16.4. The van der Waals surface area contributed by atoms with Gasteiger partial charge in [0.05, 0.1) is 0 Å². The Labute approximate surface area is 148 Å². The Morgan fingerprint density at radius 1 is 0.880 bits per heavy atom. The van der Waals surface area contributed by atoms with Crippen LogP contribution in [0.25, 0.3) is 22.4 Å². The van der Waals surface area contributed by atoms with Crippen molar-refractivity contribution in [2.75, 3.05) is 0 Å². The van der Waals surface area contributed by atoms with E-state index in [-0.39, 0.29) is 10.8 Å². The lowest BCUT2D eigenvalue weighted by atomic mass is 9.80. The second-order valence-electron chi connectivity index (χ2n) is 8.59. The molecule has 0 unspecified atom stereocenters. The largest absolute Gasteiger partial charge is 0.419 e. The van der Waals surface area contributed by atoms with E-state index in [4.69, 9.17) is 4.42 Å². The van der Waals surface area contributed by atoms with Crippen LogP contribution >= 0.6 is 0 Å². The molecule has 3 rings (SSSR count). The van der Waals surface area contributed by atoms with Crippen LogP contribution in [-0.2, 0) is 10.8 Å². The molecule has 0 aliphatic heterocycles. The maximum Gasteiger partial charge on any atom is 0.363 e. The molecule has 1 aromatic heterocycles. The molecule has 0 saturated heterocycles. The predicted octanol–water partition coefficient (Wildman–Crippen LogP) is 5.45. The molecule has 0 aliphatic carbocycles. The van der Waals surface area contributed by atoms with Gasteiger partial charge in [0.1, 0.15) is 5.52 Å². The van der Waals surface area contributed by atoms with Crippen molar-refractivity contribution in [1.82, 2.24) is 4.98 Å². The fourth-order valence-corrected chi connectivity index (χ4v) is 2.88. The summed E-state index contributed by atoms with van der Waals surface area (Å²) in [4.78, 5) is 17.3. The van der Waals surface area contributed by atoms with Crippen molar-refractivity contribution in [2.24, 2.45) is 0 Å². The molecule has 0 fully saturated rings. The molecule has 25 heavy (non-hydrogen) atoms. The average Bonchev–Trinajstić information content (AvgIpc) is 2.52. The minimum atomic E-state index is -0.396. The molecule has 0 radical (unpaired) electrons. The first-order valence-electron chi connectivity index (χ1n) is 8.62. The number of nitrogens with zero attached hydrogens (tertiary/aromatic N) is 1. The van der Waals surface area contributed by atoms with E-state index in [1.54, 1.807) is 0 Å². The highest BCUT2D eigenvalue weighted by Crippen LogP contribution is 2.34. The maximum absolute atomic E-state index is 12.6. The number of aromatic nitrogens is 1. The summed E-state index contributed by atoms with van der Waals surface area (Å²) in [5.74, 6) is 0. The van der Waals surface area contributed by atoms with Crippen molar-refractivity contribution in [2.45, 2.75) is 52.4 Å². The Balaban J connectivity index is 2.38. The van der Waals surface area contributed by atoms with Gasteiger partial charge in [0.2, 0.25) is 0 Å². The Bertz CT molecular complexity index is 971. The van der Waals surface area contributed by atoms with E-state index in [9.17, 15) is 4.79 Å². The first-order chi connectivity index (χ1) is 11.6. The minimum absolute atomic E-state index is 0.0150. The van der Waals surface area contributed by atoms with Crippen molar-refractivity contribution >= 4 is 11.1 Å². The molecule has 0 aliphatic rings. The Kier molecular flexibility index (Phi) is 4.06. The predicted molar refractivity (Wildman–Crippen MR) is 103 cm³/mol. The fourth-order valence-electron chi connectivity index (χ4n) is 2.88. The number of hydrogen-bond donors (Lipinski definition) is 0. The number of hydrogen-bond acceptors (Lipinski definition) is 3. The molecular weight excluding hydrogens is 310 g/mol. The smallest absolute Gasteiger partial charge is 0.363 e. The average molecular weight is 335 g/mol. The Morgan fingerprint density at radius 2 is 1.52 bits per heavy atom. The zero-order valence-corrected chi connectivity index (χ0v) is 15.8. The van der Waals surface area contributed by atoms with Crippen molar-refractivity contribution in [3.8, 4) is 11.3 Å². The number of benzene rings is 2. The Hall–Kier alpha value is -2.42. The van der Waals surface area contributed by atoms with Crippen molar-refractivity contribution in [3.63, 3.8) is 0 Å². The Morgan fingerprint density at radius 3 is 2.08 bits per heavy atom. The van der Waals surface area contributed by atoms with Gasteiger partial charge in [-0.3, -0.25) is 0 Å². The topological polar surface area (TPSA) is 43.1 Å². The van der Waals surface area contributed by atoms with Crippen LogP contribution in [-0.4, -0.2) is 4.98 Å². The van der Waals surface area contributed by atoms with Crippen LogP contribution in [0.5, 0.6) is 0 Å². The van der Waals surface area contributed by atoms with E-state index in [0.717, 1.165) is 16.6 Å². The SMILES string of the molecule is CC(C)(C)c1cc(C(C)(C)C)c2oc(=O)c(-c3ccccc3)nc2c1. The lowest BCUT2D eigenvalue weighted by molar-refractivity contribution is 0.523. The molecule has 3 nitrogen and oxygen atoms in total. The maximum atomic E-state index is 12.6. The lowest BCUT2D eigenvalue weighted by Crippen LogP contribution is -2.18. The van der Waals surface area contributed by atoms with E-state index >= 15 is 0 Å². The zero-order chi connectivity index (χ0) is 18.4. The normalized spacial score (nSPS) is 12.6. The summed E-state index contributed by atoms with van der Waals surface area (Å²) in [6.45, 7) is 12.9. The summed E-state index contributed by atoms with van der Waals surface area (Å²) in [5, 5.41) is 0. The molecule has 2 aromatic carbocycles. The van der Waals surface area contributed by atoms with Gasteiger partial charge in [-0.05, 0) is 22.5 Å². The highest BCUT2D eigenvalue weighted by Gasteiger charge is 2.25. The highest BCUT2D eigenvalue weighted by molar-refractivity contribution is 5.80. The number of fused-ring (bicyclic) bond motifs is 1. The van der Waals surface area contributed by atoms with Crippen LogP contribution < -0.4 is 5.63 Å². The summed E-state index contributed by atoms with van der Waals surface area (Å²) in [7, 11) is 0. The summed E-state index contributed by atoms with van der Waals surface area (Å²) < 4.78 is 5.75.